The fourth-order valence-electron chi connectivity index (χ4n) is 3.62. The first-order valence-electron chi connectivity index (χ1n) is 8.65. The third kappa shape index (κ3) is 3.87. The maximum absolute atomic E-state index is 13.0. The van der Waals surface area contributed by atoms with Crippen LogP contribution in [0.25, 0.3) is 0 Å². The van der Waals surface area contributed by atoms with Crippen LogP contribution in [0.3, 0.4) is 0 Å². The lowest BCUT2D eigenvalue weighted by molar-refractivity contribution is -0.120. The average molecular weight is 301 g/mol. The molecule has 0 atom stereocenters. The van der Waals surface area contributed by atoms with Crippen LogP contribution in [0.4, 0.5) is 5.69 Å². The van der Waals surface area contributed by atoms with E-state index in [9.17, 15) is 4.79 Å². The molecule has 1 aromatic carbocycles. The Kier molecular flexibility index (Phi) is 5.46. The molecule has 1 saturated carbocycles. The summed E-state index contributed by atoms with van der Waals surface area (Å²) in [5.74, 6) is 0.264. The molecule has 22 heavy (non-hydrogen) atoms. The monoisotopic (exact) mass is 301 g/mol. The van der Waals surface area contributed by atoms with E-state index in [2.05, 4.69) is 27.2 Å². The molecule has 1 amide bonds. The van der Waals surface area contributed by atoms with Crippen molar-refractivity contribution in [2.45, 2.75) is 38.1 Å². The van der Waals surface area contributed by atoms with Crippen molar-refractivity contribution in [1.29, 1.82) is 0 Å². The zero-order valence-corrected chi connectivity index (χ0v) is 13.3. The minimum absolute atomic E-state index is 0.264. The average Bonchev–Trinajstić information content (AvgIpc) is 2.58. The Morgan fingerprint density at radius 2 is 1.77 bits per heavy atom. The molecule has 0 bridgehead atoms. The molecule has 0 aromatic heterocycles. The van der Waals surface area contributed by atoms with Crippen molar-refractivity contribution in [1.82, 2.24) is 10.2 Å². The molecule has 2 aliphatic rings. The van der Waals surface area contributed by atoms with E-state index in [1.807, 2.05) is 18.2 Å². The Hall–Kier alpha value is -1.39. The fourth-order valence-corrected chi connectivity index (χ4v) is 3.62. The van der Waals surface area contributed by atoms with Gasteiger partial charge in [0, 0.05) is 37.9 Å². The van der Waals surface area contributed by atoms with Gasteiger partial charge in [0.2, 0.25) is 5.91 Å². The molecular weight excluding hydrogens is 274 g/mol. The van der Waals surface area contributed by atoms with Crippen LogP contribution >= 0.6 is 0 Å². The molecule has 2 fully saturated rings. The van der Waals surface area contributed by atoms with E-state index < -0.39 is 0 Å². The quantitative estimate of drug-likeness (QED) is 0.926. The van der Waals surface area contributed by atoms with Crippen LogP contribution in [0.2, 0.25) is 0 Å². The second-order valence-corrected chi connectivity index (χ2v) is 6.42. The van der Waals surface area contributed by atoms with E-state index in [4.69, 9.17) is 0 Å². The van der Waals surface area contributed by atoms with Gasteiger partial charge >= 0.3 is 0 Å². The first kappa shape index (κ1) is 15.5. The Balaban J connectivity index is 1.73. The third-order valence-corrected chi connectivity index (χ3v) is 4.81. The first-order chi connectivity index (χ1) is 10.8. The van der Waals surface area contributed by atoms with Gasteiger partial charge in [-0.1, -0.05) is 37.5 Å². The normalized spacial score (nSPS) is 20.7. The number of nitrogens with one attached hydrogen (secondary N) is 1. The van der Waals surface area contributed by atoms with Crippen molar-refractivity contribution < 1.29 is 4.79 Å². The predicted octanol–water partition coefficient (Wildman–Crippen LogP) is 2.26. The highest BCUT2D eigenvalue weighted by Crippen LogP contribution is 2.27. The molecule has 0 unspecified atom stereocenters. The molecule has 4 heteroatoms. The van der Waals surface area contributed by atoms with E-state index >= 15 is 0 Å². The third-order valence-electron chi connectivity index (χ3n) is 4.81. The van der Waals surface area contributed by atoms with Gasteiger partial charge in [-0.05, 0) is 25.0 Å². The highest BCUT2D eigenvalue weighted by molar-refractivity contribution is 5.95. The van der Waals surface area contributed by atoms with E-state index in [1.165, 1.54) is 19.3 Å². The first-order valence-corrected chi connectivity index (χ1v) is 8.65. The number of hydrogen-bond donors (Lipinski definition) is 1. The summed E-state index contributed by atoms with van der Waals surface area (Å²) in [4.78, 5) is 17.3. The number of para-hydroxylation sites is 1. The van der Waals surface area contributed by atoms with Crippen LogP contribution in [0.1, 0.15) is 32.1 Å². The van der Waals surface area contributed by atoms with Gasteiger partial charge in [0.15, 0.2) is 0 Å². The lowest BCUT2D eigenvalue weighted by Crippen LogP contribution is -2.51. The number of amides is 1. The van der Waals surface area contributed by atoms with Crippen molar-refractivity contribution >= 4 is 11.6 Å². The zero-order chi connectivity index (χ0) is 15.2. The summed E-state index contributed by atoms with van der Waals surface area (Å²) < 4.78 is 0. The minimum Gasteiger partial charge on any atom is -0.314 e. The molecule has 1 heterocycles. The number of carbonyl (C=O) groups excluding carboxylic acids is 1. The van der Waals surface area contributed by atoms with E-state index in [0.717, 1.165) is 44.7 Å². The van der Waals surface area contributed by atoms with Crippen LogP contribution < -0.4 is 10.2 Å². The maximum atomic E-state index is 13.0. The number of hydrogen-bond acceptors (Lipinski definition) is 3. The second kappa shape index (κ2) is 7.75. The Morgan fingerprint density at radius 1 is 1.09 bits per heavy atom. The molecule has 3 rings (SSSR count). The summed E-state index contributed by atoms with van der Waals surface area (Å²) in [6, 6.07) is 10.6. The highest BCUT2D eigenvalue weighted by atomic mass is 16.2. The van der Waals surface area contributed by atoms with Crippen LogP contribution in [0, 0.1) is 0 Å². The number of nitrogens with zero attached hydrogens (tertiary/aromatic N) is 2. The minimum atomic E-state index is 0.264. The van der Waals surface area contributed by atoms with Crippen LogP contribution in [0.15, 0.2) is 30.3 Å². The van der Waals surface area contributed by atoms with Gasteiger partial charge < -0.3 is 10.2 Å². The topological polar surface area (TPSA) is 35.6 Å². The number of carbonyl (C=O) groups is 1. The molecular formula is C18H27N3O. The lowest BCUT2D eigenvalue weighted by Gasteiger charge is -2.36. The Labute approximate surface area is 133 Å². The van der Waals surface area contributed by atoms with Gasteiger partial charge in [0.1, 0.15) is 0 Å². The van der Waals surface area contributed by atoms with Gasteiger partial charge in [-0.25, -0.2) is 0 Å². The molecule has 4 nitrogen and oxygen atoms in total. The largest absolute Gasteiger partial charge is 0.314 e. The molecule has 0 radical (unpaired) electrons. The number of rotatable bonds is 4. The van der Waals surface area contributed by atoms with E-state index in [1.54, 1.807) is 0 Å². The highest BCUT2D eigenvalue weighted by Gasteiger charge is 2.28. The van der Waals surface area contributed by atoms with Gasteiger partial charge in [0.25, 0.3) is 0 Å². The van der Waals surface area contributed by atoms with Crippen molar-refractivity contribution in [3.63, 3.8) is 0 Å². The number of benzene rings is 1. The van der Waals surface area contributed by atoms with Crippen molar-refractivity contribution in [2.75, 3.05) is 37.6 Å². The van der Waals surface area contributed by atoms with Crippen molar-refractivity contribution in [3.05, 3.63) is 30.3 Å². The second-order valence-electron chi connectivity index (χ2n) is 6.42. The van der Waals surface area contributed by atoms with Crippen LogP contribution in [-0.2, 0) is 4.79 Å². The van der Waals surface area contributed by atoms with Crippen molar-refractivity contribution in [3.8, 4) is 0 Å². The van der Waals surface area contributed by atoms with Crippen LogP contribution in [-0.4, -0.2) is 49.6 Å². The van der Waals surface area contributed by atoms with E-state index in [0.29, 0.717) is 12.6 Å². The van der Waals surface area contributed by atoms with Gasteiger partial charge in [-0.15, -0.1) is 0 Å². The number of piperazine rings is 1. The standard InChI is InChI=1S/C18H27N3O/c22-18(15-20-13-11-19-12-14-20)21(16-7-3-1-4-8-16)17-9-5-2-6-10-17/h1,3-4,7-8,17,19H,2,5-6,9-15H2. The van der Waals surface area contributed by atoms with Gasteiger partial charge in [-0.3, -0.25) is 9.69 Å². The Morgan fingerprint density at radius 3 is 2.45 bits per heavy atom. The summed E-state index contributed by atoms with van der Waals surface area (Å²) in [7, 11) is 0. The van der Waals surface area contributed by atoms with Gasteiger partial charge in [0.05, 0.1) is 6.54 Å². The van der Waals surface area contributed by atoms with Crippen molar-refractivity contribution in [2.24, 2.45) is 0 Å². The summed E-state index contributed by atoms with van der Waals surface area (Å²) in [6.45, 7) is 4.47. The lowest BCUT2D eigenvalue weighted by atomic mass is 9.93. The van der Waals surface area contributed by atoms with E-state index in [-0.39, 0.29) is 5.91 Å². The molecule has 1 aromatic rings. The molecule has 1 saturated heterocycles. The smallest absolute Gasteiger partial charge is 0.241 e. The number of anilines is 1. The molecule has 0 spiro atoms. The summed E-state index contributed by atoms with van der Waals surface area (Å²) >= 11 is 0. The summed E-state index contributed by atoms with van der Waals surface area (Å²) in [5.41, 5.74) is 1.06. The summed E-state index contributed by atoms with van der Waals surface area (Å²) in [6.07, 6.45) is 6.08. The molecule has 1 N–H and O–H groups in total. The predicted molar refractivity (Wildman–Crippen MR) is 90.1 cm³/mol. The maximum Gasteiger partial charge on any atom is 0.241 e. The SMILES string of the molecule is O=C(CN1CCNCC1)N(c1ccccc1)C1CCCCC1. The summed E-state index contributed by atoms with van der Waals surface area (Å²) in [5, 5.41) is 3.35. The Bertz CT molecular complexity index is 464. The molecule has 1 aliphatic heterocycles. The fraction of sp³-hybridized carbons (Fsp3) is 0.611. The zero-order valence-electron chi connectivity index (χ0n) is 13.3. The van der Waals surface area contributed by atoms with Crippen LogP contribution in [0.5, 0.6) is 0 Å². The molecule has 1 aliphatic carbocycles. The van der Waals surface area contributed by atoms with Gasteiger partial charge in [-0.2, -0.15) is 0 Å². The molecule has 120 valence electrons.